The standard InChI is InChI=1S/C44H52N8O6/c1-7-33(49-43(55)58-6)41(53)51-23-25(3)17-37(51)39-46-22-35(48-39)32-16-15-30-19-29(13-14-31(30)20-32)27-9-11-28(12-10-27)34-21-45-40(47-34)38-18-26(4)24-52(38)42(54)36(8-2)50(5)44(56)57/h9-16,19-22,25-26,33,36-38H,7-8,17-18,23-24H2,1-6H3,(H,45,47)(H,46,48)(H,49,55)(H,56,57)/t25-,26-,33-,36-,37-,38-/m0/s1. The monoisotopic (exact) mass is 788 g/mol. The van der Waals surface area contributed by atoms with Crippen LogP contribution in [-0.4, -0.2) is 103 Å². The first-order valence-electron chi connectivity index (χ1n) is 20.0. The molecule has 4 amide bonds. The molecule has 2 fully saturated rings. The third-order valence-corrected chi connectivity index (χ3v) is 11.7. The van der Waals surface area contributed by atoms with Crippen molar-refractivity contribution in [1.29, 1.82) is 0 Å². The lowest BCUT2D eigenvalue weighted by molar-refractivity contribution is -0.137. The van der Waals surface area contributed by atoms with Crippen LogP contribution < -0.4 is 5.32 Å². The van der Waals surface area contributed by atoms with Crippen LogP contribution in [-0.2, 0) is 14.3 Å². The minimum absolute atomic E-state index is 0.141. The number of carboxylic acid groups (broad SMARTS) is 1. The average molecular weight is 789 g/mol. The van der Waals surface area contributed by atoms with E-state index in [4.69, 9.17) is 9.72 Å². The predicted molar refractivity (Wildman–Crippen MR) is 221 cm³/mol. The molecule has 0 radical (unpaired) electrons. The highest BCUT2D eigenvalue weighted by Crippen LogP contribution is 2.38. The van der Waals surface area contributed by atoms with Gasteiger partial charge >= 0.3 is 12.2 Å². The topological polar surface area (TPSA) is 177 Å². The molecule has 0 aliphatic carbocycles. The number of hydrogen-bond acceptors (Lipinski definition) is 7. The Morgan fingerprint density at radius 3 is 1.81 bits per heavy atom. The van der Waals surface area contributed by atoms with E-state index in [0.717, 1.165) is 68.0 Å². The molecule has 3 aromatic carbocycles. The molecule has 14 nitrogen and oxygen atoms in total. The van der Waals surface area contributed by atoms with Crippen molar-refractivity contribution < 1.29 is 29.0 Å². The van der Waals surface area contributed by atoms with E-state index >= 15 is 0 Å². The van der Waals surface area contributed by atoms with Gasteiger partial charge < -0.3 is 34.9 Å². The van der Waals surface area contributed by atoms with E-state index in [1.807, 2.05) is 24.9 Å². The number of nitrogens with zero attached hydrogens (tertiary/aromatic N) is 5. The second-order valence-corrected chi connectivity index (χ2v) is 15.8. The van der Waals surface area contributed by atoms with Crippen LogP contribution in [0.4, 0.5) is 9.59 Å². The molecular weight excluding hydrogens is 737 g/mol. The van der Waals surface area contributed by atoms with Gasteiger partial charge in [-0.2, -0.15) is 0 Å². The molecule has 0 saturated carbocycles. The Morgan fingerprint density at radius 2 is 1.28 bits per heavy atom. The number of nitrogens with one attached hydrogen (secondary N) is 3. The third kappa shape index (κ3) is 8.00. The van der Waals surface area contributed by atoms with Crippen molar-refractivity contribution in [2.24, 2.45) is 11.8 Å². The van der Waals surface area contributed by atoms with Gasteiger partial charge in [-0.15, -0.1) is 0 Å². The second kappa shape index (κ2) is 16.7. The molecular formula is C44H52N8O6. The number of methoxy groups -OCH3 is 1. The van der Waals surface area contributed by atoms with Crippen LogP contribution in [0.1, 0.15) is 77.1 Å². The number of carbonyl (C=O) groups is 4. The van der Waals surface area contributed by atoms with Gasteiger partial charge in [-0.3, -0.25) is 14.5 Å². The Hall–Kier alpha value is -6.18. The Balaban J connectivity index is 1.04. The summed E-state index contributed by atoms with van der Waals surface area (Å²) in [5, 5.41) is 14.4. The first-order valence-corrected chi connectivity index (χ1v) is 20.0. The number of H-pyrrole nitrogens is 2. The van der Waals surface area contributed by atoms with Gasteiger partial charge in [-0.25, -0.2) is 19.6 Å². The number of likely N-dealkylation sites (N-methyl/N-ethyl adjacent to an activating group) is 1. The van der Waals surface area contributed by atoms with Crippen LogP contribution in [0.2, 0.25) is 0 Å². The van der Waals surface area contributed by atoms with Crippen molar-refractivity contribution >= 4 is 34.8 Å². The maximum atomic E-state index is 13.6. The first kappa shape index (κ1) is 40.0. The molecule has 2 aliphatic rings. The van der Waals surface area contributed by atoms with Gasteiger partial charge in [0.1, 0.15) is 23.7 Å². The van der Waals surface area contributed by atoms with Gasteiger partial charge in [0.2, 0.25) is 11.8 Å². The predicted octanol–water partition coefficient (Wildman–Crippen LogP) is 7.63. The number of likely N-dealkylation sites (tertiary alicyclic amines) is 2. The molecule has 14 heteroatoms. The van der Waals surface area contributed by atoms with Crippen molar-refractivity contribution in [1.82, 2.24) is 40.0 Å². The third-order valence-electron chi connectivity index (χ3n) is 11.7. The minimum Gasteiger partial charge on any atom is -0.465 e. The van der Waals surface area contributed by atoms with E-state index in [9.17, 15) is 24.3 Å². The van der Waals surface area contributed by atoms with Crippen LogP contribution in [0.15, 0.2) is 73.1 Å². The van der Waals surface area contributed by atoms with E-state index < -0.39 is 24.3 Å². The van der Waals surface area contributed by atoms with Crippen molar-refractivity contribution in [2.45, 2.75) is 77.5 Å². The van der Waals surface area contributed by atoms with Crippen molar-refractivity contribution in [2.75, 3.05) is 27.2 Å². The summed E-state index contributed by atoms with van der Waals surface area (Å²) < 4.78 is 4.74. The molecule has 0 spiro atoms. The number of fused-ring (bicyclic) bond motifs is 1. The van der Waals surface area contributed by atoms with Gasteiger partial charge in [0.05, 0.1) is 43.0 Å². The number of ether oxygens (including phenoxy) is 1. The quantitative estimate of drug-likeness (QED) is 0.106. The Morgan fingerprint density at radius 1 is 0.776 bits per heavy atom. The highest BCUT2D eigenvalue weighted by Gasteiger charge is 2.41. The lowest BCUT2D eigenvalue weighted by atomic mass is 9.98. The van der Waals surface area contributed by atoms with Crippen molar-refractivity contribution in [3.63, 3.8) is 0 Å². The number of carbonyl (C=O) groups excluding carboxylic acids is 3. The Labute approximate surface area is 338 Å². The zero-order valence-electron chi connectivity index (χ0n) is 33.9. The molecule has 6 atom stereocenters. The maximum absolute atomic E-state index is 13.6. The number of aromatic amines is 2. The first-order chi connectivity index (χ1) is 27.9. The summed E-state index contributed by atoms with van der Waals surface area (Å²) in [6.45, 7) is 9.04. The lowest BCUT2D eigenvalue weighted by Crippen LogP contribution is -2.48. The number of benzene rings is 3. The highest BCUT2D eigenvalue weighted by atomic mass is 16.5. The summed E-state index contributed by atoms with van der Waals surface area (Å²) in [5.41, 5.74) is 5.82. The summed E-state index contributed by atoms with van der Waals surface area (Å²) in [7, 11) is 2.73. The molecule has 4 N–H and O–H groups in total. The van der Waals surface area contributed by atoms with E-state index in [1.165, 1.54) is 14.2 Å². The van der Waals surface area contributed by atoms with Crippen molar-refractivity contribution in [3.8, 4) is 33.6 Å². The molecule has 2 aliphatic heterocycles. The fourth-order valence-corrected chi connectivity index (χ4v) is 8.52. The Bertz CT molecular complexity index is 2300. The zero-order chi connectivity index (χ0) is 41.2. The minimum atomic E-state index is -1.12. The second-order valence-electron chi connectivity index (χ2n) is 15.8. The van der Waals surface area contributed by atoms with Gasteiger partial charge in [0.25, 0.3) is 0 Å². The summed E-state index contributed by atoms with van der Waals surface area (Å²) in [6, 6.07) is 19.1. The van der Waals surface area contributed by atoms with Crippen LogP contribution in [0, 0.1) is 11.8 Å². The Kier molecular flexibility index (Phi) is 11.6. The largest absolute Gasteiger partial charge is 0.465 e. The van der Waals surface area contributed by atoms with Crippen LogP contribution in [0.25, 0.3) is 44.4 Å². The molecule has 0 unspecified atom stereocenters. The molecule has 0 bridgehead atoms. The van der Waals surface area contributed by atoms with Crippen molar-refractivity contribution in [3.05, 3.63) is 84.7 Å². The fraction of sp³-hybridized carbons (Fsp3) is 0.409. The molecule has 2 aromatic heterocycles. The van der Waals surface area contributed by atoms with Gasteiger partial charge in [-0.05, 0) is 77.1 Å². The SMILES string of the molecule is CC[C@H](NC(=O)OC)C(=O)N1C[C@@H](C)C[C@H]1c1ncc(-c2ccc3cc(-c4ccc(-c5cnc([C@@H]6C[C@H](C)CN6C(=O)[C@H](CC)N(C)C(=O)O)[nH]5)cc4)ccc3c2)[nH]1. The average Bonchev–Trinajstić information content (AvgIpc) is 4.06. The zero-order valence-corrected chi connectivity index (χ0v) is 33.9. The number of imidazole rings is 2. The fourth-order valence-electron chi connectivity index (χ4n) is 8.52. The molecule has 7 rings (SSSR count). The summed E-state index contributed by atoms with van der Waals surface area (Å²) in [6.07, 6.45) is 4.23. The number of alkyl carbamates (subject to hydrolysis) is 1. The molecule has 5 aromatic rings. The summed E-state index contributed by atoms with van der Waals surface area (Å²) >= 11 is 0. The number of rotatable bonds is 11. The number of aromatic nitrogens is 4. The highest BCUT2D eigenvalue weighted by molar-refractivity contribution is 5.91. The number of hydrogen-bond donors (Lipinski definition) is 4. The van der Waals surface area contributed by atoms with Crippen LogP contribution in [0.5, 0.6) is 0 Å². The lowest BCUT2D eigenvalue weighted by Gasteiger charge is -2.31. The molecule has 4 heterocycles. The van der Waals surface area contributed by atoms with E-state index in [1.54, 1.807) is 11.1 Å². The normalized spacial score (nSPS) is 20.2. The van der Waals surface area contributed by atoms with E-state index in [0.29, 0.717) is 31.8 Å². The maximum Gasteiger partial charge on any atom is 0.407 e. The van der Waals surface area contributed by atoms with E-state index in [-0.39, 0.29) is 35.7 Å². The number of amides is 4. The molecule has 2 saturated heterocycles. The van der Waals surface area contributed by atoms with Gasteiger partial charge in [0, 0.05) is 25.7 Å². The summed E-state index contributed by atoms with van der Waals surface area (Å²) in [5.74, 6) is 1.63. The van der Waals surface area contributed by atoms with Crippen LogP contribution in [0.3, 0.4) is 0 Å². The summed E-state index contributed by atoms with van der Waals surface area (Å²) in [4.78, 5) is 71.7. The smallest absolute Gasteiger partial charge is 0.407 e. The van der Waals surface area contributed by atoms with Crippen LogP contribution >= 0.6 is 0 Å². The van der Waals surface area contributed by atoms with E-state index in [2.05, 4.69) is 94.8 Å². The van der Waals surface area contributed by atoms with Gasteiger partial charge in [0.15, 0.2) is 0 Å². The van der Waals surface area contributed by atoms with Gasteiger partial charge in [-0.1, -0.05) is 76.2 Å². The molecule has 304 valence electrons. The molecule has 58 heavy (non-hydrogen) atoms.